The van der Waals surface area contributed by atoms with Gasteiger partial charge < -0.3 is 9.47 Å². The summed E-state index contributed by atoms with van der Waals surface area (Å²) in [6, 6.07) is 5.49. The lowest BCUT2D eigenvalue weighted by molar-refractivity contribution is -0.118. The van der Waals surface area contributed by atoms with Gasteiger partial charge in [0, 0.05) is 6.92 Å². The summed E-state index contributed by atoms with van der Waals surface area (Å²) in [7, 11) is 0. The predicted molar refractivity (Wildman–Crippen MR) is 58.8 cm³/mol. The second-order valence-corrected chi connectivity index (χ2v) is 3.33. The fourth-order valence-corrected chi connectivity index (χ4v) is 1.34. The van der Waals surface area contributed by atoms with Crippen LogP contribution in [0.25, 0.3) is 0 Å². The average Bonchev–Trinajstić information content (AvgIpc) is 2.28. The van der Waals surface area contributed by atoms with Crippen molar-refractivity contribution in [3.05, 3.63) is 23.8 Å². The first-order valence-corrected chi connectivity index (χ1v) is 4.95. The minimum absolute atomic E-state index is 0.200. The zero-order valence-corrected chi connectivity index (χ0v) is 8.90. The Kier molecular flexibility index (Phi) is 3.05. The molecule has 0 aliphatic carbocycles. The fraction of sp³-hybridized carbons (Fsp3) is 0.273. The molecule has 84 valence electrons. The Labute approximate surface area is 93.1 Å². The van der Waals surface area contributed by atoms with Gasteiger partial charge in [-0.2, -0.15) is 5.10 Å². The van der Waals surface area contributed by atoms with Crippen LogP contribution in [0.2, 0.25) is 0 Å². The smallest absolute Gasteiger partial charge is 0.236 e. The number of nitrogens with zero attached hydrogens (tertiary/aromatic N) is 1. The van der Waals surface area contributed by atoms with E-state index in [9.17, 15) is 4.79 Å². The monoisotopic (exact) mass is 220 g/mol. The molecule has 1 amide bonds. The number of ether oxygens (including phenoxy) is 2. The van der Waals surface area contributed by atoms with E-state index in [2.05, 4.69) is 10.5 Å². The highest BCUT2D eigenvalue weighted by atomic mass is 16.6. The molecule has 16 heavy (non-hydrogen) atoms. The van der Waals surface area contributed by atoms with Crippen LogP contribution in [0.5, 0.6) is 11.5 Å². The Bertz CT molecular complexity index is 429. The quantitative estimate of drug-likeness (QED) is 0.595. The standard InChI is InChI=1S/C11H12N2O3/c1-8(14)13-12-7-9-2-3-10-11(6-9)16-5-4-15-10/h2-3,6-7H,4-5H2,1H3,(H,13,14)/b12-7+. The largest absolute Gasteiger partial charge is 0.486 e. The molecule has 1 heterocycles. The van der Waals surface area contributed by atoms with Crippen molar-refractivity contribution >= 4 is 12.1 Å². The van der Waals surface area contributed by atoms with Crippen molar-refractivity contribution in [2.45, 2.75) is 6.92 Å². The van der Waals surface area contributed by atoms with Gasteiger partial charge in [0.25, 0.3) is 0 Å². The molecule has 0 radical (unpaired) electrons. The van der Waals surface area contributed by atoms with Gasteiger partial charge in [-0.05, 0) is 23.8 Å². The van der Waals surface area contributed by atoms with E-state index < -0.39 is 0 Å². The van der Waals surface area contributed by atoms with Crippen LogP contribution in [0, 0.1) is 0 Å². The Hall–Kier alpha value is -2.04. The van der Waals surface area contributed by atoms with Gasteiger partial charge in [-0.1, -0.05) is 0 Å². The Balaban J connectivity index is 2.11. The predicted octanol–water partition coefficient (Wildman–Crippen LogP) is 0.928. The van der Waals surface area contributed by atoms with Crippen molar-refractivity contribution in [3.8, 4) is 11.5 Å². The third-order valence-electron chi connectivity index (χ3n) is 2.00. The normalized spacial score (nSPS) is 13.8. The summed E-state index contributed by atoms with van der Waals surface area (Å²) in [5, 5.41) is 3.77. The summed E-state index contributed by atoms with van der Waals surface area (Å²) in [4.78, 5) is 10.6. The van der Waals surface area contributed by atoms with Crippen LogP contribution in [0.4, 0.5) is 0 Å². The highest BCUT2D eigenvalue weighted by Crippen LogP contribution is 2.30. The maximum atomic E-state index is 10.6. The van der Waals surface area contributed by atoms with Crippen LogP contribution in [0.15, 0.2) is 23.3 Å². The molecule has 1 aliphatic heterocycles. The molecule has 5 heteroatoms. The Morgan fingerprint density at radius 1 is 1.38 bits per heavy atom. The first-order chi connectivity index (χ1) is 7.75. The molecule has 0 bridgehead atoms. The molecule has 0 spiro atoms. The number of hydrazone groups is 1. The molecule has 0 unspecified atom stereocenters. The molecule has 5 nitrogen and oxygen atoms in total. The minimum Gasteiger partial charge on any atom is -0.486 e. The number of hydrogen-bond donors (Lipinski definition) is 1. The van der Waals surface area contributed by atoms with Crippen LogP contribution in [-0.4, -0.2) is 25.3 Å². The van der Waals surface area contributed by atoms with Gasteiger partial charge in [-0.3, -0.25) is 4.79 Å². The van der Waals surface area contributed by atoms with Crippen molar-refractivity contribution < 1.29 is 14.3 Å². The highest BCUT2D eigenvalue weighted by Gasteiger charge is 2.10. The highest BCUT2D eigenvalue weighted by molar-refractivity contribution is 5.82. The van der Waals surface area contributed by atoms with Gasteiger partial charge >= 0.3 is 0 Å². The molecule has 0 aromatic heterocycles. The second kappa shape index (κ2) is 4.65. The van der Waals surface area contributed by atoms with Crippen LogP contribution in [0.3, 0.4) is 0 Å². The number of fused-ring (bicyclic) bond motifs is 1. The van der Waals surface area contributed by atoms with E-state index in [-0.39, 0.29) is 5.91 Å². The zero-order chi connectivity index (χ0) is 11.4. The van der Waals surface area contributed by atoms with Gasteiger partial charge in [0.05, 0.1) is 6.21 Å². The van der Waals surface area contributed by atoms with Crippen LogP contribution in [0.1, 0.15) is 12.5 Å². The lowest BCUT2D eigenvalue weighted by Crippen LogP contribution is -2.15. The van der Waals surface area contributed by atoms with Gasteiger partial charge in [0.2, 0.25) is 5.91 Å². The SMILES string of the molecule is CC(=O)N/N=C/c1ccc2c(c1)OCCO2. The van der Waals surface area contributed by atoms with Crippen LogP contribution in [-0.2, 0) is 4.79 Å². The summed E-state index contributed by atoms with van der Waals surface area (Å²) >= 11 is 0. The molecule has 0 saturated carbocycles. The van der Waals surface area contributed by atoms with Crippen molar-refractivity contribution in [2.75, 3.05) is 13.2 Å². The van der Waals surface area contributed by atoms with Crippen molar-refractivity contribution in [2.24, 2.45) is 5.10 Å². The number of nitrogens with one attached hydrogen (secondary N) is 1. The fourth-order valence-electron chi connectivity index (χ4n) is 1.34. The summed E-state index contributed by atoms with van der Waals surface area (Å²) in [6.07, 6.45) is 1.56. The van der Waals surface area contributed by atoms with E-state index in [1.54, 1.807) is 6.21 Å². The van der Waals surface area contributed by atoms with Crippen molar-refractivity contribution in [1.29, 1.82) is 0 Å². The van der Waals surface area contributed by atoms with Gasteiger partial charge in [0.1, 0.15) is 13.2 Å². The van der Waals surface area contributed by atoms with Gasteiger partial charge in [0.15, 0.2) is 11.5 Å². The second-order valence-electron chi connectivity index (χ2n) is 3.33. The van der Waals surface area contributed by atoms with Crippen LogP contribution >= 0.6 is 0 Å². The molecule has 0 fully saturated rings. The van der Waals surface area contributed by atoms with E-state index in [4.69, 9.17) is 9.47 Å². The molecule has 0 atom stereocenters. The molecule has 1 aliphatic rings. The number of hydrogen-bond acceptors (Lipinski definition) is 4. The maximum absolute atomic E-state index is 10.6. The molecule has 1 N–H and O–H groups in total. The van der Waals surface area contributed by atoms with E-state index >= 15 is 0 Å². The maximum Gasteiger partial charge on any atom is 0.236 e. The molecular weight excluding hydrogens is 208 g/mol. The lowest BCUT2D eigenvalue weighted by atomic mass is 10.2. The third kappa shape index (κ3) is 2.50. The third-order valence-corrected chi connectivity index (χ3v) is 2.00. The molecule has 1 aromatic rings. The lowest BCUT2D eigenvalue weighted by Gasteiger charge is -2.18. The Morgan fingerprint density at radius 2 is 2.12 bits per heavy atom. The summed E-state index contributed by atoms with van der Waals surface area (Å²) in [5.74, 6) is 1.25. The summed E-state index contributed by atoms with van der Waals surface area (Å²) < 4.78 is 10.8. The van der Waals surface area contributed by atoms with Gasteiger partial charge in [-0.15, -0.1) is 0 Å². The minimum atomic E-state index is -0.200. The molecule has 1 aromatic carbocycles. The van der Waals surface area contributed by atoms with Crippen molar-refractivity contribution in [3.63, 3.8) is 0 Å². The molecule has 2 rings (SSSR count). The number of amides is 1. The Morgan fingerprint density at radius 3 is 2.88 bits per heavy atom. The van der Waals surface area contributed by atoms with E-state index in [1.807, 2.05) is 18.2 Å². The summed E-state index contributed by atoms with van der Waals surface area (Å²) in [5.41, 5.74) is 3.18. The number of benzene rings is 1. The summed E-state index contributed by atoms with van der Waals surface area (Å²) in [6.45, 7) is 2.53. The van der Waals surface area contributed by atoms with Crippen LogP contribution < -0.4 is 14.9 Å². The number of carbonyl (C=O) groups is 1. The van der Waals surface area contributed by atoms with E-state index in [0.717, 1.165) is 11.3 Å². The molecule has 0 saturated heterocycles. The van der Waals surface area contributed by atoms with E-state index in [1.165, 1.54) is 6.92 Å². The first-order valence-electron chi connectivity index (χ1n) is 4.95. The topological polar surface area (TPSA) is 59.9 Å². The number of carbonyl (C=O) groups excluding carboxylic acids is 1. The molecular formula is C11H12N2O3. The first kappa shape index (κ1) is 10.5. The number of rotatable bonds is 2. The van der Waals surface area contributed by atoms with Gasteiger partial charge in [-0.25, -0.2) is 5.43 Å². The van der Waals surface area contributed by atoms with Crippen molar-refractivity contribution in [1.82, 2.24) is 5.43 Å². The zero-order valence-electron chi connectivity index (χ0n) is 8.90. The average molecular weight is 220 g/mol. The van der Waals surface area contributed by atoms with E-state index in [0.29, 0.717) is 19.0 Å².